The average Bonchev–Trinajstić information content (AvgIpc) is 3.06. The van der Waals surface area contributed by atoms with Gasteiger partial charge in [-0.25, -0.2) is 9.80 Å². The predicted molar refractivity (Wildman–Crippen MR) is 83.0 cm³/mol. The number of imide groups is 2. The van der Waals surface area contributed by atoms with Gasteiger partial charge in [0.2, 0.25) is 23.6 Å². The van der Waals surface area contributed by atoms with E-state index in [1.165, 1.54) is 9.80 Å². The number of rotatable bonds is 6. The lowest BCUT2D eigenvalue weighted by atomic mass is 10.2. The molecule has 4 amide bonds. The number of likely N-dealkylation sites (tertiary alicyclic amines) is 2. The zero-order valence-electron chi connectivity index (χ0n) is 13.4. The van der Waals surface area contributed by atoms with Gasteiger partial charge in [-0.2, -0.15) is 0 Å². The summed E-state index contributed by atoms with van der Waals surface area (Å²) in [6, 6.07) is 9.61. The SMILES string of the molecule is O=C1CCC(=O)N1C[NH+](Cc1ccccc1)CN1C(=O)CCC1=O. The molecule has 0 aromatic heterocycles. The number of hydrogen-bond donors (Lipinski definition) is 1. The van der Waals surface area contributed by atoms with Gasteiger partial charge in [0.15, 0.2) is 13.3 Å². The average molecular weight is 330 g/mol. The Morgan fingerprint density at radius 3 is 1.54 bits per heavy atom. The van der Waals surface area contributed by atoms with Crippen molar-refractivity contribution >= 4 is 23.6 Å². The molecule has 2 fully saturated rings. The van der Waals surface area contributed by atoms with Gasteiger partial charge in [0.25, 0.3) is 0 Å². The van der Waals surface area contributed by atoms with E-state index in [-0.39, 0.29) is 62.6 Å². The minimum Gasteiger partial charge on any atom is -0.296 e. The highest BCUT2D eigenvalue weighted by Gasteiger charge is 2.36. The van der Waals surface area contributed by atoms with Gasteiger partial charge >= 0.3 is 0 Å². The number of quaternary nitrogens is 1. The predicted octanol–water partition coefficient (Wildman–Crippen LogP) is -0.715. The summed E-state index contributed by atoms with van der Waals surface area (Å²) in [4.78, 5) is 50.8. The molecule has 0 saturated carbocycles. The van der Waals surface area contributed by atoms with E-state index in [1.54, 1.807) is 0 Å². The Kier molecular flexibility index (Phi) is 4.71. The van der Waals surface area contributed by atoms with E-state index in [2.05, 4.69) is 0 Å². The number of benzene rings is 1. The lowest BCUT2D eigenvalue weighted by Gasteiger charge is -2.27. The Hall–Kier alpha value is -2.54. The first-order valence-corrected chi connectivity index (χ1v) is 8.08. The second kappa shape index (κ2) is 6.92. The second-order valence-corrected chi connectivity index (χ2v) is 6.16. The molecule has 0 atom stereocenters. The fourth-order valence-electron chi connectivity index (χ4n) is 3.09. The standard InChI is InChI=1S/C17H19N3O4/c21-14-6-7-15(22)19(14)11-18(10-13-4-2-1-3-5-13)12-20-16(23)8-9-17(20)24/h1-5H,6-12H2/p+1. The summed E-state index contributed by atoms with van der Waals surface area (Å²) >= 11 is 0. The molecule has 0 bridgehead atoms. The van der Waals surface area contributed by atoms with Crippen molar-refractivity contribution in [2.24, 2.45) is 0 Å². The fraction of sp³-hybridized carbons (Fsp3) is 0.412. The molecule has 0 aliphatic carbocycles. The van der Waals surface area contributed by atoms with Gasteiger partial charge in [0, 0.05) is 31.2 Å². The van der Waals surface area contributed by atoms with Gasteiger partial charge < -0.3 is 0 Å². The van der Waals surface area contributed by atoms with E-state index in [4.69, 9.17) is 0 Å². The number of nitrogens with zero attached hydrogens (tertiary/aromatic N) is 2. The minimum absolute atomic E-state index is 0.170. The zero-order valence-corrected chi connectivity index (χ0v) is 13.4. The van der Waals surface area contributed by atoms with Crippen LogP contribution in [0.25, 0.3) is 0 Å². The van der Waals surface area contributed by atoms with E-state index in [1.807, 2.05) is 30.3 Å². The largest absolute Gasteiger partial charge is 0.296 e. The maximum absolute atomic E-state index is 11.9. The van der Waals surface area contributed by atoms with E-state index >= 15 is 0 Å². The molecule has 0 spiro atoms. The Morgan fingerprint density at radius 1 is 0.708 bits per heavy atom. The summed E-state index contributed by atoms with van der Waals surface area (Å²) in [7, 11) is 0. The normalized spacial score (nSPS) is 18.4. The van der Waals surface area contributed by atoms with Crippen LogP contribution in [0.4, 0.5) is 0 Å². The molecule has 1 aromatic rings. The summed E-state index contributed by atoms with van der Waals surface area (Å²) in [6.07, 6.45) is 0.941. The third kappa shape index (κ3) is 3.51. The molecule has 126 valence electrons. The van der Waals surface area contributed by atoms with Gasteiger partial charge in [-0.3, -0.25) is 24.1 Å². The molecule has 0 radical (unpaired) electrons. The van der Waals surface area contributed by atoms with Crippen molar-refractivity contribution in [3.63, 3.8) is 0 Å². The highest BCUT2D eigenvalue weighted by molar-refractivity contribution is 6.02. The Bertz CT molecular complexity index is 604. The van der Waals surface area contributed by atoms with Crippen molar-refractivity contribution < 1.29 is 24.1 Å². The summed E-state index contributed by atoms with van der Waals surface area (Å²) in [5.41, 5.74) is 1.02. The third-order valence-corrected chi connectivity index (χ3v) is 4.37. The molecular weight excluding hydrogens is 310 g/mol. The van der Waals surface area contributed by atoms with Crippen LogP contribution in [-0.4, -0.2) is 46.8 Å². The van der Waals surface area contributed by atoms with Crippen LogP contribution in [0.3, 0.4) is 0 Å². The van der Waals surface area contributed by atoms with Crippen LogP contribution in [0.5, 0.6) is 0 Å². The van der Waals surface area contributed by atoms with Crippen molar-refractivity contribution in [2.75, 3.05) is 13.3 Å². The lowest BCUT2D eigenvalue weighted by Crippen LogP contribution is -3.14. The molecule has 1 aromatic carbocycles. The molecule has 2 aliphatic heterocycles. The first kappa shape index (κ1) is 16.3. The summed E-state index contributed by atoms with van der Waals surface area (Å²) in [5.74, 6) is -0.761. The minimum atomic E-state index is -0.190. The number of carbonyl (C=O) groups is 4. The maximum Gasteiger partial charge on any atom is 0.234 e. The highest BCUT2D eigenvalue weighted by atomic mass is 16.2. The van der Waals surface area contributed by atoms with Crippen LogP contribution in [0.2, 0.25) is 0 Å². The fourth-order valence-corrected chi connectivity index (χ4v) is 3.09. The summed E-state index contributed by atoms with van der Waals surface area (Å²) in [5, 5.41) is 0. The van der Waals surface area contributed by atoms with Crippen molar-refractivity contribution in [3.05, 3.63) is 35.9 Å². The van der Waals surface area contributed by atoms with Gasteiger partial charge in [-0.05, 0) is 0 Å². The Balaban J connectivity index is 1.75. The first-order valence-electron chi connectivity index (χ1n) is 8.08. The zero-order chi connectivity index (χ0) is 17.1. The van der Waals surface area contributed by atoms with E-state index in [0.29, 0.717) is 6.54 Å². The van der Waals surface area contributed by atoms with Crippen molar-refractivity contribution in [2.45, 2.75) is 32.2 Å². The van der Waals surface area contributed by atoms with Gasteiger partial charge in [0.05, 0.1) is 0 Å². The number of hydrogen-bond acceptors (Lipinski definition) is 4. The molecule has 2 heterocycles. The summed E-state index contributed by atoms with van der Waals surface area (Å²) < 4.78 is 0. The summed E-state index contributed by atoms with van der Waals surface area (Å²) in [6.45, 7) is 0.863. The molecule has 24 heavy (non-hydrogen) atoms. The Labute approximate surface area is 139 Å². The molecule has 3 rings (SSSR count). The van der Waals surface area contributed by atoms with E-state index in [0.717, 1.165) is 10.5 Å². The molecule has 7 nitrogen and oxygen atoms in total. The van der Waals surface area contributed by atoms with Gasteiger partial charge in [-0.15, -0.1) is 0 Å². The van der Waals surface area contributed by atoms with Crippen LogP contribution in [0.1, 0.15) is 31.2 Å². The second-order valence-electron chi connectivity index (χ2n) is 6.16. The van der Waals surface area contributed by atoms with Crippen molar-refractivity contribution in [1.29, 1.82) is 0 Å². The van der Waals surface area contributed by atoms with E-state index < -0.39 is 0 Å². The van der Waals surface area contributed by atoms with Crippen LogP contribution >= 0.6 is 0 Å². The molecule has 2 aliphatic rings. The maximum atomic E-state index is 11.9. The van der Waals surface area contributed by atoms with Crippen LogP contribution < -0.4 is 4.90 Å². The van der Waals surface area contributed by atoms with Crippen molar-refractivity contribution in [3.8, 4) is 0 Å². The number of nitrogens with one attached hydrogen (secondary N) is 1. The van der Waals surface area contributed by atoms with Crippen LogP contribution in [0, 0.1) is 0 Å². The topological polar surface area (TPSA) is 79.2 Å². The number of amides is 4. The number of carbonyl (C=O) groups excluding carboxylic acids is 4. The first-order chi connectivity index (χ1) is 11.5. The third-order valence-electron chi connectivity index (χ3n) is 4.37. The monoisotopic (exact) mass is 330 g/mol. The van der Waals surface area contributed by atoms with Gasteiger partial charge in [-0.1, -0.05) is 30.3 Å². The molecular formula is C17H20N3O4+. The quantitative estimate of drug-likeness (QED) is 0.699. The van der Waals surface area contributed by atoms with Gasteiger partial charge in [0.1, 0.15) is 6.54 Å². The van der Waals surface area contributed by atoms with E-state index in [9.17, 15) is 19.2 Å². The Morgan fingerprint density at radius 2 is 1.12 bits per heavy atom. The highest BCUT2D eigenvalue weighted by Crippen LogP contribution is 2.11. The van der Waals surface area contributed by atoms with Crippen LogP contribution in [0.15, 0.2) is 30.3 Å². The molecule has 2 saturated heterocycles. The van der Waals surface area contributed by atoms with Crippen LogP contribution in [-0.2, 0) is 25.7 Å². The molecule has 0 unspecified atom stereocenters. The van der Waals surface area contributed by atoms with Crippen molar-refractivity contribution in [1.82, 2.24) is 9.80 Å². The lowest BCUT2D eigenvalue weighted by molar-refractivity contribution is -0.928. The smallest absolute Gasteiger partial charge is 0.234 e. The molecule has 7 heteroatoms. The molecule has 1 N–H and O–H groups in total.